The van der Waals surface area contributed by atoms with E-state index in [4.69, 9.17) is 16.6 Å². The Morgan fingerprint density at radius 1 is 1.21 bits per heavy atom. The summed E-state index contributed by atoms with van der Waals surface area (Å²) >= 11 is 6.30. The van der Waals surface area contributed by atoms with E-state index in [-0.39, 0.29) is 14.9 Å². The number of aryl methyl sites for hydroxylation is 1. The molecule has 0 spiro atoms. The molecular formula is C23H16N2O6S2. The van der Waals surface area contributed by atoms with Crippen LogP contribution in [-0.4, -0.2) is 31.1 Å². The predicted octanol–water partition coefficient (Wildman–Crippen LogP) is 5.19. The van der Waals surface area contributed by atoms with Gasteiger partial charge in [-0.15, -0.1) is 0 Å². The van der Waals surface area contributed by atoms with Gasteiger partial charge in [0.2, 0.25) is 0 Å². The summed E-state index contributed by atoms with van der Waals surface area (Å²) < 4.78 is 5.90. The van der Waals surface area contributed by atoms with Gasteiger partial charge in [0.1, 0.15) is 15.8 Å². The molecular weight excluding hydrogens is 464 g/mol. The van der Waals surface area contributed by atoms with E-state index in [2.05, 4.69) is 0 Å². The van der Waals surface area contributed by atoms with Gasteiger partial charge < -0.3 is 9.52 Å². The molecule has 1 saturated heterocycles. The lowest BCUT2D eigenvalue weighted by molar-refractivity contribution is -0.385. The van der Waals surface area contributed by atoms with Gasteiger partial charge in [-0.3, -0.25) is 19.8 Å². The number of aliphatic carboxylic acids is 1. The molecule has 2 aromatic carbocycles. The molecule has 8 nitrogen and oxygen atoms in total. The number of rotatable bonds is 6. The van der Waals surface area contributed by atoms with Crippen molar-refractivity contribution in [3.05, 3.63) is 92.6 Å². The Morgan fingerprint density at radius 3 is 2.61 bits per heavy atom. The number of carbonyl (C=O) groups is 2. The van der Waals surface area contributed by atoms with Crippen molar-refractivity contribution in [3.8, 4) is 11.3 Å². The van der Waals surface area contributed by atoms with Crippen LogP contribution in [0.1, 0.15) is 22.9 Å². The molecule has 0 unspecified atom stereocenters. The average molecular weight is 481 g/mol. The summed E-state index contributed by atoms with van der Waals surface area (Å²) in [5.41, 5.74) is 1.47. The Balaban J connectivity index is 1.63. The molecule has 1 amide bonds. The Kier molecular flexibility index (Phi) is 6.12. The van der Waals surface area contributed by atoms with Gasteiger partial charge in [0.25, 0.3) is 11.6 Å². The Labute approximate surface area is 197 Å². The topological polar surface area (TPSA) is 114 Å². The number of nitrogens with zero attached hydrogens (tertiary/aromatic N) is 2. The van der Waals surface area contributed by atoms with Gasteiger partial charge in [-0.1, -0.05) is 66.4 Å². The van der Waals surface area contributed by atoms with Crippen LogP contribution in [0.25, 0.3) is 17.4 Å². The Bertz CT molecular complexity index is 1320. The first-order valence-electron chi connectivity index (χ1n) is 9.66. The number of amides is 1. The Hall–Kier alpha value is -3.76. The number of furan rings is 1. The van der Waals surface area contributed by atoms with Gasteiger partial charge in [-0.2, -0.15) is 0 Å². The van der Waals surface area contributed by atoms with E-state index >= 15 is 0 Å². The van der Waals surface area contributed by atoms with Crippen molar-refractivity contribution in [2.75, 3.05) is 0 Å². The normalized spacial score (nSPS) is 15.8. The van der Waals surface area contributed by atoms with E-state index in [0.29, 0.717) is 28.2 Å². The molecule has 1 aliphatic rings. The highest BCUT2D eigenvalue weighted by atomic mass is 32.2. The van der Waals surface area contributed by atoms with Crippen molar-refractivity contribution in [3.63, 3.8) is 0 Å². The zero-order valence-corrected chi connectivity index (χ0v) is 18.8. The summed E-state index contributed by atoms with van der Waals surface area (Å²) in [5.74, 6) is -1.00. The number of thioether (sulfide) groups is 1. The van der Waals surface area contributed by atoms with Crippen LogP contribution in [0.4, 0.5) is 5.69 Å². The van der Waals surface area contributed by atoms with Crippen LogP contribution < -0.4 is 0 Å². The van der Waals surface area contributed by atoms with Crippen LogP contribution in [0, 0.1) is 17.0 Å². The lowest BCUT2D eigenvalue weighted by atomic mass is 10.1. The van der Waals surface area contributed by atoms with Gasteiger partial charge >= 0.3 is 5.97 Å². The first-order valence-corrected chi connectivity index (χ1v) is 10.9. The molecule has 4 rings (SSSR count). The minimum absolute atomic E-state index is 0.0213. The van der Waals surface area contributed by atoms with E-state index < -0.39 is 22.8 Å². The van der Waals surface area contributed by atoms with Crippen molar-refractivity contribution in [1.82, 2.24) is 4.90 Å². The number of nitro groups is 1. The van der Waals surface area contributed by atoms with E-state index in [1.165, 1.54) is 12.1 Å². The first-order chi connectivity index (χ1) is 15.8. The van der Waals surface area contributed by atoms with Crippen molar-refractivity contribution < 1.29 is 24.0 Å². The van der Waals surface area contributed by atoms with E-state index in [1.807, 2.05) is 0 Å². The SMILES string of the molecule is Cc1ccc(-c2ccc(/C=C3/SC(=S)N([C@H](C(=O)O)c4ccccc4)C3=O)o2)cc1[N+](=O)[O-]. The molecule has 10 heteroatoms. The fourth-order valence-corrected chi connectivity index (χ4v) is 4.71. The number of carbonyl (C=O) groups excluding carboxylic acids is 1. The maximum absolute atomic E-state index is 13.0. The number of hydrogen-bond donors (Lipinski definition) is 1. The highest BCUT2D eigenvalue weighted by molar-refractivity contribution is 8.26. The molecule has 1 fully saturated rings. The quantitative estimate of drug-likeness (QED) is 0.222. The highest BCUT2D eigenvalue weighted by Gasteiger charge is 2.41. The lowest BCUT2D eigenvalue weighted by Gasteiger charge is -2.23. The molecule has 0 saturated carbocycles. The van der Waals surface area contributed by atoms with Crippen LogP contribution in [0.3, 0.4) is 0 Å². The van der Waals surface area contributed by atoms with Gasteiger partial charge in [0, 0.05) is 23.3 Å². The maximum atomic E-state index is 13.0. The fraction of sp³-hybridized carbons (Fsp3) is 0.0870. The molecule has 3 aromatic rings. The Morgan fingerprint density at radius 2 is 1.94 bits per heavy atom. The van der Waals surface area contributed by atoms with Crippen LogP contribution in [0.15, 0.2) is 70.0 Å². The molecule has 0 bridgehead atoms. The number of thiocarbonyl (C=S) groups is 1. The third-order valence-electron chi connectivity index (χ3n) is 5.02. The monoisotopic (exact) mass is 480 g/mol. The summed E-state index contributed by atoms with van der Waals surface area (Å²) in [6.07, 6.45) is 1.48. The predicted molar refractivity (Wildman–Crippen MR) is 127 cm³/mol. The molecule has 1 N–H and O–H groups in total. The molecule has 1 aliphatic heterocycles. The zero-order valence-electron chi connectivity index (χ0n) is 17.1. The van der Waals surface area contributed by atoms with Crippen LogP contribution >= 0.6 is 24.0 Å². The van der Waals surface area contributed by atoms with Gasteiger partial charge in [0.05, 0.1) is 9.83 Å². The summed E-state index contributed by atoms with van der Waals surface area (Å²) in [5, 5.41) is 21.0. The van der Waals surface area contributed by atoms with E-state index in [1.54, 1.807) is 61.5 Å². The van der Waals surface area contributed by atoms with Crippen LogP contribution in [0.5, 0.6) is 0 Å². The number of carboxylic acid groups (broad SMARTS) is 1. The third-order valence-corrected chi connectivity index (χ3v) is 6.35. The molecule has 0 aliphatic carbocycles. The highest BCUT2D eigenvalue weighted by Crippen LogP contribution is 2.39. The minimum Gasteiger partial charge on any atom is -0.479 e. The fourth-order valence-electron chi connectivity index (χ4n) is 3.41. The summed E-state index contributed by atoms with van der Waals surface area (Å²) in [4.78, 5) is 37.0. The molecule has 2 heterocycles. The van der Waals surface area contributed by atoms with Gasteiger partial charge in [-0.05, 0) is 24.6 Å². The second-order valence-corrected chi connectivity index (χ2v) is 8.84. The minimum atomic E-state index is -1.25. The van der Waals surface area contributed by atoms with E-state index in [0.717, 1.165) is 16.7 Å². The molecule has 0 radical (unpaired) electrons. The molecule has 166 valence electrons. The van der Waals surface area contributed by atoms with Gasteiger partial charge in [-0.25, -0.2) is 4.79 Å². The lowest BCUT2D eigenvalue weighted by Crippen LogP contribution is -2.37. The molecule has 1 aromatic heterocycles. The smallest absolute Gasteiger partial charge is 0.331 e. The largest absolute Gasteiger partial charge is 0.479 e. The zero-order chi connectivity index (χ0) is 23.7. The van der Waals surface area contributed by atoms with Crippen LogP contribution in [-0.2, 0) is 9.59 Å². The van der Waals surface area contributed by atoms with Gasteiger partial charge in [0.15, 0.2) is 6.04 Å². The number of nitro benzene ring substituents is 1. The maximum Gasteiger partial charge on any atom is 0.331 e. The summed E-state index contributed by atoms with van der Waals surface area (Å²) in [6.45, 7) is 1.65. The average Bonchev–Trinajstić information content (AvgIpc) is 3.35. The molecule has 1 atom stereocenters. The van der Waals surface area contributed by atoms with Crippen molar-refractivity contribution in [1.29, 1.82) is 0 Å². The molecule has 33 heavy (non-hydrogen) atoms. The van der Waals surface area contributed by atoms with E-state index in [9.17, 15) is 24.8 Å². The number of benzene rings is 2. The third kappa shape index (κ3) is 4.43. The number of hydrogen-bond acceptors (Lipinski definition) is 7. The summed E-state index contributed by atoms with van der Waals surface area (Å²) in [6, 6.07) is 15.2. The van der Waals surface area contributed by atoms with Crippen molar-refractivity contribution in [2.45, 2.75) is 13.0 Å². The van der Waals surface area contributed by atoms with Crippen LogP contribution in [0.2, 0.25) is 0 Å². The second kappa shape index (κ2) is 9.00. The number of carboxylic acids is 1. The summed E-state index contributed by atoms with van der Waals surface area (Å²) in [7, 11) is 0. The first kappa shape index (κ1) is 22.4. The second-order valence-electron chi connectivity index (χ2n) is 7.16. The van der Waals surface area contributed by atoms with Crippen molar-refractivity contribution >= 4 is 51.9 Å². The van der Waals surface area contributed by atoms with Crippen molar-refractivity contribution in [2.24, 2.45) is 0 Å². The standard InChI is InChI=1S/C23H16N2O6S2/c1-13-7-8-15(11-17(13)25(29)30)18-10-9-16(31-18)12-19-21(26)24(23(32)33-19)20(22(27)28)14-5-3-2-4-6-14/h2-12,20H,1H3,(H,27,28)/b19-12+/t20-/m0/s1.